The highest BCUT2D eigenvalue weighted by Gasteiger charge is 2.00. The van der Waals surface area contributed by atoms with Crippen LogP contribution in [-0.4, -0.2) is 15.4 Å². The number of hydrogen-bond acceptors (Lipinski definition) is 2. The van der Waals surface area contributed by atoms with Crippen LogP contribution in [0, 0.1) is 10.8 Å². The maximum Gasteiger partial charge on any atom is 0.199 e. The standard InChI is InChI=1S/C5H9N5/c1-10-3(4(6)7)2-9-5(10)8/h2H,1H3,(H3,6,7)(H2,8,9). The number of nitrogens with two attached hydrogens (primary N) is 1. The van der Waals surface area contributed by atoms with Gasteiger partial charge in [-0.05, 0) is 0 Å². The topological polar surface area (TPSA) is 94.4 Å². The Bertz CT molecular complexity index is 304. The molecule has 54 valence electrons. The van der Waals surface area contributed by atoms with Crippen LogP contribution >= 0.6 is 0 Å². The predicted octanol–water partition coefficient (Wildman–Crippen LogP) is -0.883. The van der Waals surface area contributed by atoms with Crippen molar-refractivity contribution in [3.8, 4) is 0 Å². The van der Waals surface area contributed by atoms with E-state index in [4.69, 9.17) is 16.6 Å². The molecule has 0 aliphatic rings. The van der Waals surface area contributed by atoms with Gasteiger partial charge in [-0.3, -0.25) is 10.8 Å². The number of amidine groups is 1. The lowest BCUT2D eigenvalue weighted by molar-refractivity contribution is 0.802. The van der Waals surface area contributed by atoms with Crippen LogP contribution in [-0.2, 0) is 7.05 Å². The van der Waals surface area contributed by atoms with Crippen molar-refractivity contribution < 1.29 is 0 Å². The second kappa shape index (κ2) is 2.02. The van der Waals surface area contributed by atoms with E-state index >= 15 is 0 Å². The largest absolute Gasteiger partial charge is 0.382 e. The zero-order valence-electron chi connectivity index (χ0n) is 5.60. The summed E-state index contributed by atoms with van der Waals surface area (Å²) in [5.74, 6) is -0.0303. The molecule has 0 aliphatic carbocycles. The van der Waals surface area contributed by atoms with Crippen LogP contribution in [0.25, 0.3) is 0 Å². The second-order valence-electron chi connectivity index (χ2n) is 2.00. The Balaban J connectivity index is 3.31. The molecule has 10 heavy (non-hydrogen) atoms. The van der Waals surface area contributed by atoms with Crippen molar-refractivity contribution in [1.29, 1.82) is 10.8 Å². The van der Waals surface area contributed by atoms with E-state index in [0.29, 0.717) is 5.69 Å². The molecule has 1 aromatic heterocycles. The summed E-state index contributed by atoms with van der Waals surface area (Å²) < 4.78 is 1.50. The molecule has 0 spiro atoms. The third-order valence-corrected chi connectivity index (χ3v) is 1.32. The van der Waals surface area contributed by atoms with E-state index in [9.17, 15) is 0 Å². The molecule has 0 saturated carbocycles. The van der Waals surface area contributed by atoms with Gasteiger partial charge in [0.2, 0.25) is 0 Å². The first-order valence-electron chi connectivity index (χ1n) is 2.76. The number of imidazole rings is 1. The summed E-state index contributed by atoms with van der Waals surface area (Å²) in [6, 6.07) is 0. The molecule has 1 aromatic rings. The monoisotopic (exact) mass is 139 g/mol. The summed E-state index contributed by atoms with van der Waals surface area (Å²) in [6.45, 7) is 0. The first-order chi connectivity index (χ1) is 4.63. The fraction of sp³-hybridized carbons (Fsp3) is 0.200. The van der Waals surface area contributed by atoms with Crippen LogP contribution < -0.4 is 11.4 Å². The maximum absolute atomic E-state index is 7.19. The summed E-state index contributed by atoms with van der Waals surface area (Å²) in [7, 11) is 1.68. The first-order valence-corrected chi connectivity index (χ1v) is 2.76. The van der Waals surface area contributed by atoms with Crippen molar-refractivity contribution in [3.63, 3.8) is 0 Å². The SMILES string of the molecule is Cn1c(C(=N)N)c[nH]c1=N. The average molecular weight is 139 g/mol. The Morgan fingerprint density at radius 2 is 2.40 bits per heavy atom. The van der Waals surface area contributed by atoms with Crippen LogP contribution in [0.3, 0.4) is 0 Å². The summed E-state index contributed by atoms with van der Waals surface area (Å²) in [6.07, 6.45) is 1.53. The Kier molecular flexibility index (Phi) is 1.33. The highest BCUT2D eigenvalue weighted by molar-refractivity contribution is 5.92. The van der Waals surface area contributed by atoms with Gasteiger partial charge in [-0.1, -0.05) is 0 Å². The Hall–Kier alpha value is -1.52. The molecule has 0 aromatic carbocycles. The van der Waals surface area contributed by atoms with E-state index in [0.717, 1.165) is 0 Å². The molecule has 0 unspecified atom stereocenters. The summed E-state index contributed by atoms with van der Waals surface area (Å²) >= 11 is 0. The minimum atomic E-state index is -0.0303. The van der Waals surface area contributed by atoms with Crippen LogP contribution in [0.4, 0.5) is 0 Å². The van der Waals surface area contributed by atoms with E-state index in [-0.39, 0.29) is 11.5 Å². The van der Waals surface area contributed by atoms with E-state index in [1.54, 1.807) is 7.05 Å². The fourth-order valence-electron chi connectivity index (χ4n) is 0.709. The lowest BCUT2D eigenvalue weighted by Crippen LogP contribution is -2.21. The molecule has 1 heterocycles. The van der Waals surface area contributed by atoms with Gasteiger partial charge in [0, 0.05) is 13.2 Å². The number of aromatic amines is 1. The molecule has 5 heteroatoms. The zero-order chi connectivity index (χ0) is 7.72. The lowest BCUT2D eigenvalue weighted by atomic mass is 10.4. The molecule has 0 radical (unpaired) electrons. The highest BCUT2D eigenvalue weighted by Crippen LogP contribution is 1.87. The van der Waals surface area contributed by atoms with Gasteiger partial charge < -0.3 is 15.3 Å². The van der Waals surface area contributed by atoms with Gasteiger partial charge in [-0.15, -0.1) is 0 Å². The first kappa shape index (κ1) is 6.60. The third kappa shape index (κ3) is 0.812. The molecule has 5 nitrogen and oxygen atoms in total. The maximum atomic E-state index is 7.19. The molecule has 0 aliphatic heterocycles. The Labute approximate surface area is 57.5 Å². The van der Waals surface area contributed by atoms with Gasteiger partial charge >= 0.3 is 0 Å². The number of rotatable bonds is 1. The number of nitrogens with one attached hydrogen (secondary N) is 3. The average Bonchev–Trinajstić information content (AvgIpc) is 2.14. The van der Waals surface area contributed by atoms with Gasteiger partial charge in [0.05, 0.1) is 0 Å². The molecule has 0 saturated heterocycles. The number of nitrogens with zero attached hydrogens (tertiary/aromatic N) is 1. The molecule has 0 bridgehead atoms. The predicted molar refractivity (Wildman–Crippen MR) is 36.6 cm³/mol. The van der Waals surface area contributed by atoms with Crippen molar-refractivity contribution in [2.45, 2.75) is 0 Å². The van der Waals surface area contributed by atoms with Crippen molar-refractivity contribution in [1.82, 2.24) is 9.55 Å². The molecule has 0 atom stereocenters. The van der Waals surface area contributed by atoms with Crippen molar-refractivity contribution >= 4 is 5.84 Å². The zero-order valence-corrected chi connectivity index (χ0v) is 5.60. The molecule has 0 fully saturated rings. The Morgan fingerprint density at radius 1 is 1.80 bits per heavy atom. The smallest absolute Gasteiger partial charge is 0.199 e. The lowest BCUT2D eigenvalue weighted by Gasteiger charge is -1.95. The highest BCUT2D eigenvalue weighted by atomic mass is 15.1. The summed E-state index contributed by atoms with van der Waals surface area (Å²) in [5.41, 5.74) is 5.96. The fourth-order valence-corrected chi connectivity index (χ4v) is 0.709. The van der Waals surface area contributed by atoms with Gasteiger partial charge in [0.25, 0.3) is 0 Å². The normalized spacial score (nSPS) is 9.70. The van der Waals surface area contributed by atoms with Gasteiger partial charge in [-0.2, -0.15) is 0 Å². The quantitative estimate of drug-likeness (QED) is 0.295. The van der Waals surface area contributed by atoms with Crippen LogP contribution in [0.1, 0.15) is 5.69 Å². The second-order valence-corrected chi connectivity index (χ2v) is 2.00. The number of H-pyrrole nitrogens is 1. The van der Waals surface area contributed by atoms with Gasteiger partial charge in [-0.25, -0.2) is 0 Å². The van der Waals surface area contributed by atoms with E-state index in [2.05, 4.69) is 4.98 Å². The molecular formula is C5H9N5. The molecule has 5 N–H and O–H groups in total. The summed E-state index contributed by atoms with van der Waals surface area (Å²) in [4.78, 5) is 2.63. The number of aromatic nitrogens is 2. The molecule has 1 rings (SSSR count). The van der Waals surface area contributed by atoms with Gasteiger partial charge in [0.15, 0.2) is 5.62 Å². The van der Waals surface area contributed by atoms with Crippen molar-refractivity contribution in [3.05, 3.63) is 17.5 Å². The van der Waals surface area contributed by atoms with Crippen LogP contribution in [0.5, 0.6) is 0 Å². The molecular weight excluding hydrogens is 130 g/mol. The van der Waals surface area contributed by atoms with E-state index in [1.165, 1.54) is 10.8 Å². The van der Waals surface area contributed by atoms with Crippen molar-refractivity contribution in [2.75, 3.05) is 0 Å². The van der Waals surface area contributed by atoms with Crippen LogP contribution in [0.15, 0.2) is 6.20 Å². The summed E-state index contributed by atoms with van der Waals surface area (Å²) in [5, 5.41) is 14.2. The van der Waals surface area contributed by atoms with E-state index in [1.807, 2.05) is 0 Å². The van der Waals surface area contributed by atoms with Crippen molar-refractivity contribution in [2.24, 2.45) is 12.8 Å². The van der Waals surface area contributed by atoms with E-state index < -0.39 is 0 Å². The molecule has 0 amide bonds. The number of nitrogen functional groups attached to an aromatic ring is 1. The minimum Gasteiger partial charge on any atom is -0.382 e. The minimum absolute atomic E-state index is 0.0303. The van der Waals surface area contributed by atoms with Crippen LogP contribution in [0.2, 0.25) is 0 Å². The number of hydrogen-bond donors (Lipinski definition) is 4. The van der Waals surface area contributed by atoms with Gasteiger partial charge in [0.1, 0.15) is 11.5 Å². The Morgan fingerprint density at radius 3 is 2.60 bits per heavy atom. The third-order valence-electron chi connectivity index (χ3n) is 1.32.